The number of hydrogen-bond donors (Lipinski definition) is 0. The van der Waals surface area contributed by atoms with Gasteiger partial charge in [0.2, 0.25) is 5.91 Å². The molecule has 2 aliphatic rings. The second-order valence-corrected chi connectivity index (χ2v) is 5.34. The Morgan fingerprint density at radius 3 is 2.58 bits per heavy atom. The van der Waals surface area contributed by atoms with Crippen molar-refractivity contribution in [3.8, 4) is 11.5 Å². The van der Waals surface area contributed by atoms with E-state index in [1.54, 1.807) is 14.2 Å². The zero-order valence-corrected chi connectivity index (χ0v) is 11.6. The molecule has 1 saturated heterocycles. The predicted octanol–water partition coefficient (Wildman–Crippen LogP) is 2.17. The van der Waals surface area contributed by atoms with Crippen molar-refractivity contribution in [1.82, 2.24) is 4.90 Å². The van der Waals surface area contributed by atoms with Crippen LogP contribution in [0.3, 0.4) is 0 Å². The minimum Gasteiger partial charge on any atom is -0.493 e. The van der Waals surface area contributed by atoms with Gasteiger partial charge in [0.1, 0.15) is 0 Å². The lowest BCUT2D eigenvalue weighted by Gasteiger charge is -2.32. The molecule has 0 unspecified atom stereocenters. The maximum absolute atomic E-state index is 12.1. The molecule has 2 heterocycles. The minimum absolute atomic E-state index is 0.129. The average Bonchev–Trinajstić information content (AvgIpc) is 2.73. The summed E-state index contributed by atoms with van der Waals surface area (Å²) in [4.78, 5) is 14.1. The SMILES string of the molecule is COc1cc2c(cc1OC)[C@@H]1C[C@H](C)C(=O)N1CC2. The van der Waals surface area contributed by atoms with Gasteiger partial charge >= 0.3 is 0 Å². The molecule has 1 fully saturated rings. The second-order valence-electron chi connectivity index (χ2n) is 5.34. The summed E-state index contributed by atoms with van der Waals surface area (Å²) < 4.78 is 10.7. The monoisotopic (exact) mass is 261 g/mol. The molecule has 0 spiro atoms. The Morgan fingerprint density at radius 1 is 1.21 bits per heavy atom. The summed E-state index contributed by atoms with van der Waals surface area (Å²) in [6, 6.07) is 4.31. The van der Waals surface area contributed by atoms with Crippen LogP contribution < -0.4 is 9.47 Å². The van der Waals surface area contributed by atoms with Gasteiger partial charge in [-0.05, 0) is 36.1 Å². The van der Waals surface area contributed by atoms with Crippen molar-refractivity contribution < 1.29 is 14.3 Å². The molecule has 2 atom stereocenters. The molecule has 4 nitrogen and oxygen atoms in total. The average molecular weight is 261 g/mol. The van der Waals surface area contributed by atoms with E-state index in [1.807, 2.05) is 17.9 Å². The second kappa shape index (κ2) is 4.44. The Labute approximate surface area is 113 Å². The van der Waals surface area contributed by atoms with E-state index in [0.717, 1.165) is 30.9 Å². The quantitative estimate of drug-likeness (QED) is 0.819. The van der Waals surface area contributed by atoms with Crippen molar-refractivity contribution in [1.29, 1.82) is 0 Å². The van der Waals surface area contributed by atoms with Crippen LogP contribution in [-0.4, -0.2) is 31.6 Å². The van der Waals surface area contributed by atoms with Crippen molar-refractivity contribution in [2.24, 2.45) is 5.92 Å². The summed E-state index contributed by atoms with van der Waals surface area (Å²) in [5.41, 5.74) is 2.50. The smallest absolute Gasteiger partial charge is 0.226 e. The van der Waals surface area contributed by atoms with E-state index in [1.165, 1.54) is 11.1 Å². The zero-order valence-electron chi connectivity index (χ0n) is 11.6. The number of rotatable bonds is 2. The van der Waals surface area contributed by atoms with Gasteiger partial charge in [-0.3, -0.25) is 4.79 Å². The van der Waals surface area contributed by atoms with Gasteiger partial charge < -0.3 is 14.4 Å². The van der Waals surface area contributed by atoms with Crippen molar-refractivity contribution in [2.45, 2.75) is 25.8 Å². The number of carbonyl (C=O) groups excluding carboxylic acids is 1. The van der Waals surface area contributed by atoms with Crippen LogP contribution in [0.5, 0.6) is 11.5 Å². The summed E-state index contributed by atoms with van der Waals surface area (Å²) in [5, 5.41) is 0. The van der Waals surface area contributed by atoms with Crippen molar-refractivity contribution >= 4 is 5.91 Å². The first-order chi connectivity index (χ1) is 9.15. The fraction of sp³-hybridized carbons (Fsp3) is 0.533. The number of methoxy groups -OCH3 is 2. The third-order valence-electron chi connectivity index (χ3n) is 4.28. The molecular weight excluding hydrogens is 242 g/mol. The van der Waals surface area contributed by atoms with E-state index in [-0.39, 0.29) is 17.9 Å². The molecule has 1 aromatic carbocycles. The summed E-state index contributed by atoms with van der Waals surface area (Å²) in [6.45, 7) is 2.83. The van der Waals surface area contributed by atoms with E-state index in [2.05, 4.69) is 6.07 Å². The van der Waals surface area contributed by atoms with Gasteiger partial charge in [0.25, 0.3) is 0 Å². The molecule has 0 saturated carbocycles. The van der Waals surface area contributed by atoms with E-state index >= 15 is 0 Å². The molecular formula is C15H19NO3. The molecule has 0 radical (unpaired) electrons. The molecule has 0 bridgehead atoms. The number of carbonyl (C=O) groups is 1. The molecule has 0 N–H and O–H groups in total. The number of hydrogen-bond acceptors (Lipinski definition) is 3. The van der Waals surface area contributed by atoms with Crippen molar-refractivity contribution in [3.63, 3.8) is 0 Å². The third-order valence-corrected chi connectivity index (χ3v) is 4.28. The molecule has 102 valence electrons. The van der Waals surface area contributed by atoms with Crippen LogP contribution in [0, 0.1) is 5.92 Å². The van der Waals surface area contributed by atoms with Gasteiger partial charge in [-0.1, -0.05) is 6.92 Å². The highest BCUT2D eigenvalue weighted by molar-refractivity contribution is 5.82. The topological polar surface area (TPSA) is 38.8 Å². The highest BCUT2D eigenvalue weighted by Gasteiger charge is 2.40. The van der Waals surface area contributed by atoms with Gasteiger partial charge in [-0.15, -0.1) is 0 Å². The number of ether oxygens (including phenoxy) is 2. The van der Waals surface area contributed by atoms with E-state index < -0.39 is 0 Å². The highest BCUT2D eigenvalue weighted by Crippen LogP contribution is 2.44. The summed E-state index contributed by atoms with van der Waals surface area (Å²) >= 11 is 0. The van der Waals surface area contributed by atoms with Crippen LogP contribution in [0.25, 0.3) is 0 Å². The number of benzene rings is 1. The standard InChI is InChI=1S/C15H19NO3/c1-9-6-12-11-8-14(19-3)13(18-2)7-10(11)4-5-16(12)15(9)17/h7-9,12H,4-6H2,1-3H3/t9-,12-/m0/s1. The summed E-state index contributed by atoms with van der Waals surface area (Å²) in [7, 11) is 3.30. The van der Waals surface area contributed by atoms with Gasteiger partial charge in [0.15, 0.2) is 11.5 Å². The normalized spacial score (nSPS) is 25.0. The van der Waals surface area contributed by atoms with Gasteiger partial charge in [0, 0.05) is 12.5 Å². The molecule has 1 aromatic rings. The maximum Gasteiger partial charge on any atom is 0.226 e. The lowest BCUT2D eigenvalue weighted by molar-refractivity contribution is -0.131. The highest BCUT2D eigenvalue weighted by atomic mass is 16.5. The first-order valence-corrected chi connectivity index (χ1v) is 6.71. The van der Waals surface area contributed by atoms with E-state index in [0.29, 0.717) is 0 Å². The van der Waals surface area contributed by atoms with E-state index in [9.17, 15) is 4.79 Å². The van der Waals surface area contributed by atoms with Gasteiger partial charge in [-0.25, -0.2) is 0 Å². The maximum atomic E-state index is 12.1. The Kier molecular flexibility index (Phi) is 2.88. The summed E-state index contributed by atoms with van der Waals surface area (Å²) in [6.07, 6.45) is 1.80. The fourth-order valence-electron chi connectivity index (χ4n) is 3.26. The van der Waals surface area contributed by atoms with Crippen LogP contribution in [-0.2, 0) is 11.2 Å². The van der Waals surface area contributed by atoms with Crippen LogP contribution in [0.2, 0.25) is 0 Å². The predicted molar refractivity (Wildman–Crippen MR) is 71.5 cm³/mol. The molecule has 1 amide bonds. The van der Waals surface area contributed by atoms with Crippen molar-refractivity contribution in [2.75, 3.05) is 20.8 Å². The Morgan fingerprint density at radius 2 is 1.89 bits per heavy atom. The molecule has 3 rings (SSSR count). The Hall–Kier alpha value is -1.71. The first kappa shape index (κ1) is 12.3. The van der Waals surface area contributed by atoms with Gasteiger partial charge in [0.05, 0.1) is 20.3 Å². The molecule has 0 aromatic heterocycles. The number of nitrogens with zero attached hydrogens (tertiary/aromatic N) is 1. The van der Waals surface area contributed by atoms with Crippen LogP contribution in [0.15, 0.2) is 12.1 Å². The van der Waals surface area contributed by atoms with E-state index in [4.69, 9.17) is 9.47 Å². The molecule has 2 aliphatic heterocycles. The zero-order chi connectivity index (χ0) is 13.6. The fourth-order valence-corrected chi connectivity index (χ4v) is 3.26. The molecule has 0 aliphatic carbocycles. The first-order valence-electron chi connectivity index (χ1n) is 6.71. The number of fused-ring (bicyclic) bond motifs is 3. The number of amides is 1. The lowest BCUT2D eigenvalue weighted by atomic mass is 9.91. The molecule has 4 heteroatoms. The largest absolute Gasteiger partial charge is 0.493 e. The van der Waals surface area contributed by atoms with Crippen LogP contribution >= 0.6 is 0 Å². The Bertz CT molecular complexity index is 526. The summed E-state index contributed by atoms with van der Waals surface area (Å²) in [5.74, 6) is 1.93. The van der Waals surface area contributed by atoms with Gasteiger partial charge in [-0.2, -0.15) is 0 Å². The molecule has 19 heavy (non-hydrogen) atoms. The van der Waals surface area contributed by atoms with Crippen LogP contribution in [0.4, 0.5) is 0 Å². The Balaban J connectivity index is 2.06. The third kappa shape index (κ3) is 1.78. The van der Waals surface area contributed by atoms with Crippen LogP contribution in [0.1, 0.15) is 30.5 Å². The lowest BCUT2D eigenvalue weighted by Crippen LogP contribution is -2.34. The van der Waals surface area contributed by atoms with Crippen molar-refractivity contribution in [3.05, 3.63) is 23.3 Å². The minimum atomic E-state index is 0.129.